The summed E-state index contributed by atoms with van der Waals surface area (Å²) in [6.45, 7) is 19.6. The molecule has 0 saturated carbocycles. The van der Waals surface area contributed by atoms with Crippen LogP contribution in [0.1, 0.15) is 122 Å². The molecule has 8 bridgehead atoms. The summed E-state index contributed by atoms with van der Waals surface area (Å²) in [6, 6.07) is 33.7. The summed E-state index contributed by atoms with van der Waals surface area (Å²) in [7, 11) is -24.4. The summed E-state index contributed by atoms with van der Waals surface area (Å²) in [5.74, 6) is -0.746. The normalized spacial score (nSPS) is 13.9. The van der Waals surface area contributed by atoms with Crippen molar-refractivity contribution in [1.82, 2.24) is 50.5 Å². The number of hydrogen-bond acceptors (Lipinski definition) is 27. The molecule has 10 N–H and O–H groups in total. The van der Waals surface area contributed by atoms with Crippen molar-refractivity contribution in [3.8, 4) is 51.3 Å². The van der Waals surface area contributed by atoms with E-state index in [4.69, 9.17) is 52.3 Å². The van der Waals surface area contributed by atoms with E-state index in [9.17, 15) is 87.4 Å². The number of likely N-dealkylation sites (N-methyl/N-ethyl adjacent to an activating group) is 1. The zero-order valence-electron chi connectivity index (χ0n) is 82.4. The minimum atomic E-state index is -4.33. The number of hydrogen-bond donors (Lipinski definition) is 10. The molecule has 141 heavy (non-hydrogen) atoms. The average Bonchev–Trinajstić information content (AvgIpc) is 1.60. The van der Waals surface area contributed by atoms with E-state index in [1.807, 2.05) is 117 Å². The van der Waals surface area contributed by atoms with Gasteiger partial charge in [-0.15, -0.1) is 0 Å². The molecule has 0 spiro atoms. The SMILES string of the molecule is C[N+](C)(CCCCCCN=C=NCCC[N+]1(C)CCOCC1)CCCNC(=O)CCCCCNC(=O)OCCCOc1cccc2c3nc4nc(nc5nc(nc6[nH]c(nc([nH]3)c12)c1ccccc61)-c1ccccc1-5)-c1ccccc1-4.C[Si](C)(CCC[N+](CCCS(=O)(=O)O)(CCCS(=O)(=O)O)CCCS(=O)(=O)O)O[Si]O[Si](C)(C)CCC[N+](CCCS(=O)(=O)O)(CCCS(=O)(=O)O)CCCS(=O)(=O)O.[Na+]. The number of unbranched alkanes of at least 4 members (excludes halogenated alkanes) is 5. The van der Waals surface area contributed by atoms with Gasteiger partial charge in [0.2, 0.25) is 5.91 Å². The summed E-state index contributed by atoms with van der Waals surface area (Å²) >= 11 is 0. The number of benzene rings is 4. The molecule has 41 nitrogen and oxygen atoms in total. The number of ether oxygens (including phenoxy) is 3. The van der Waals surface area contributed by atoms with E-state index in [-0.39, 0.29) is 145 Å². The van der Waals surface area contributed by atoms with Crippen LogP contribution in [-0.4, -0.2) is 374 Å². The van der Waals surface area contributed by atoms with Gasteiger partial charge in [0.15, 0.2) is 39.9 Å². The van der Waals surface area contributed by atoms with E-state index in [2.05, 4.69) is 57.7 Å². The number of nitrogens with zero attached hydrogens (tertiary/aromatic N) is 12. The van der Waals surface area contributed by atoms with Gasteiger partial charge in [0.05, 0.1) is 172 Å². The molecule has 0 aliphatic carbocycles. The molecule has 2 radical (unpaired) electrons. The average molecular weight is 2150 g/mol. The molecule has 3 aromatic heterocycles. The van der Waals surface area contributed by atoms with Gasteiger partial charge in [-0.2, -0.15) is 50.5 Å². The first-order chi connectivity index (χ1) is 66.0. The van der Waals surface area contributed by atoms with Gasteiger partial charge < -0.3 is 61.0 Å². The predicted molar refractivity (Wildman–Crippen MR) is 545 cm³/mol. The van der Waals surface area contributed by atoms with Crippen LogP contribution in [0.5, 0.6) is 5.75 Å². The van der Waals surface area contributed by atoms with Gasteiger partial charge in [-0.05, 0) is 89.3 Å². The second-order valence-corrected chi connectivity index (χ2v) is 57.7. The van der Waals surface area contributed by atoms with Crippen molar-refractivity contribution < 1.29 is 157 Å². The number of quaternary nitrogens is 4. The number of morpholine rings is 1. The number of carbonyl (C=O) groups excluding carboxylic acids is 2. The Bertz CT molecular complexity index is 5940. The largest absolute Gasteiger partial charge is 1.00 e. The van der Waals surface area contributed by atoms with Crippen LogP contribution in [0.4, 0.5) is 4.79 Å². The number of nitrogens with one attached hydrogen (secondary N) is 4. The molecule has 4 aromatic carbocycles. The van der Waals surface area contributed by atoms with Crippen LogP contribution in [-0.2, 0) is 83.2 Å². The molecule has 51 heteroatoms. The second-order valence-electron chi connectivity index (χ2n) is 38.4. The maximum absolute atomic E-state index is 12.6. The Labute approximate surface area is 856 Å². The molecule has 0 unspecified atom stereocenters. The molecule has 7 aromatic rings. The van der Waals surface area contributed by atoms with Gasteiger partial charge >= 0.3 is 45.7 Å². The van der Waals surface area contributed by atoms with Crippen molar-refractivity contribution in [3.05, 3.63) is 91.0 Å². The third kappa shape index (κ3) is 43.9. The summed E-state index contributed by atoms with van der Waals surface area (Å²) in [5.41, 5.74) is 5.75. The molecule has 1 saturated heterocycles. The van der Waals surface area contributed by atoms with Crippen LogP contribution >= 0.6 is 0 Å². The number of alkyl carbamates (subject to hydrolysis) is 1. The molecule has 3 aliphatic heterocycles. The maximum atomic E-state index is 12.6. The zero-order valence-corrected chi connectivity index (χ0v) is 92.3. The minimum Gasteiger partial charge on any atom is -0.493 e. The Balaban J connectivity index is 0.000000363. The number of H-pyrrole nitrogens is 2. The summed E-state index contributed by atoms with van der Waals surface area (Å²) in [4.78, 5) is 71.3. The first-order valence-corrected chi connectivity index (χ1v) is 64.5. The van der Waals surface area contributed by atoms with Crippen molar-refractivity contribution in [1.29, 1.82) is 0 Å². The van der Waals surface area contributed by atoms with Crippen LogP contribution in [0, 0.1) is 0 Å². The van der Waals surface area contributed by atoms with E-state index in [1.165, 1.54) is 12.8 Å². The van der Waals surface area contributed by atoms with E-state index in [1.54, 1.807) is 0 Å². The first-order valence-electron chi connectivity index (χ1n) is 47.8. The number of aromatic nitrogens is 8. The maximum Gasteiger partial charge on any atom is 1.00 e. The molecule has 1 fully saturated rings. The number of rotatable bonds is 62. The monoisotopic (exact) mass is 2150 g/mol. The Morgan fingerprint density at radius 3 is 1.30 bits per heavy atom. The topological polar surface area (TPSA) is 564 Å². The van der Waals surface area contributed by atoms with Gasteiger partial charge in [-0.25, -0.2) is 44.7 Å². The quantitative estimate of drug-likeness (QED) is 0.00564. The molecule has 6 heterocycles. The molecule has 10 rings (SSSR count). The first kappa shape index (κ1) is 119. The number of fused-ring (bicyclic) bond motifs is 20. The molecule has 776 valence electrons. The van der Waals surface area contributed by atoms with Gasteiger partial charge in [0.25, 0.3) is 60.7 Å². The fraction of sp³-hybridized carbons (Fsp3) is 0.611. The van der Waals surface area contributed by atoms with E-state index in [0.717, 1.165) is 157 Å². The Hall–Kier alpha value is -7.01. The number of amides is 2. The van der Waals surface area contributed by atoms with Crippen molar-refractivity contribution >= 4 is 149 Å². The smallest absolute Gasteiger partial charge is 0.493 e. The van der Waals surface area contributed by atoms with Gasteiger partial charge in [-0.3, -0.25) is 32.1 Å². The van der Waals surface area contributed by atoms with Crippen LogP contribution in [0.3, 0.4) is 0 Å². The van der Waals surface area contributed by atoms with Gasteiger partial charge in [0.1, 0.15) is 41.4 Å². The fourth-order valence-electron chi connectivity index (χ4n) is 17.6. The zero-order chi connectivity index (χ0) is 102. The fourth-order valence-corrected chi connectivity index (χ4v) is 25.7. The van der Waals surface area contributed by atoms with Crippen LogP contribution in [0.25, 0.3) is 89.7 Å². The standard InChI is InChI=1S/C62H74N14O5.C28H64N2O20S6Si3.Na/c1-75(2,34-16-5-4-14-30-63-43-64-31-18-36-76(3)37-41-79-42-38-76)35-19-33-65-52(77)29-7-6-15-32-66-62(78)81-40-20-39-80-51-28-17-27-50-53(51)61-73-59-49-26-13-12-25-48(49)57(71-59)69-55-45-22-9-8-21-44(45)54(67-55)68-56-46-23-10-11-24-47(46)58(70-56)72-60(50)74-61;1-58(2,27-11-19-29(13-5-21-51(31,32)33,14-6-22-52(34,35)36)15-7-23-53(37,38)39)49-57-50-59(3,4)28-12-20-30(16-8-24-54(40,41)42,17-9-25-55(43,44)45)18-10-26-56(46,47)48;/h8-13,17,21-28H,4-7,14-16,18-20,29-42H2,1-3H3,(H2-2,65,66,67,68,69,70,71,72,73,74,77,78);5-28H2,1-4H3,(H4-2,31,32,33,34,35,36,37,38,39,40,41,42,43,44,45,46,47,48);/q;;+1/p+4. The molecule has 0 atom stereocenters. The van der Waals surface area contributed by atoms with Crippen molar-refractivity contribution in [3.63, 3.8) is 0 Å². The molecular weight excluding hydrogens is 2000 g/mol. The number of carbonyl (C=O) groups is 2. The van der Waals surface area contributed by atoms with Gasteiger partial charge in [0, 0.05) is 122 Å². The Kier molecular flexibility index (Phi) is 47.1. The summed E-state index contributed by atoms with van der Waals surface area (Å²) < 4.78 is 225. The predicted octanol–water partition coefficient (Wildman–Crippen LogP) is 8.16. The number of aromatic amines is 2. The number of aliphatic imine (C=N–C) groups is 2. The van der Waals surface area contributed by atoms with E-state index >= 15 is 0 Å². The third-order valence-corrected chi connectivity index (χ3v) is 38.1. The van der Waals surface area contributed by atoms with Crippen LogP contribution in [0.15, 0.2) is 101 Å². The van der Waals surface area contributed by atoms with Crippen LogP contribution in [0.2, 0.25) is 38.3 Å². The van der Waals surface area contributed by atoms with Crippen molar-refractivity contribution in [2.45, 2.75) is 160 Å². The van der Waals surface area contributed by atoms with Crippen molar-refractivity contribution in [2.24, 2.45) is 9.98 Å². The third-order valence-electron chi connectivity index (χ3n) is 25.0. The second kappa shape index (κ2) is 55.7. The Morgan fingerprint density at radius 1 is 0.447 bits per heavy atom. The van der Waals surface area contributed by atoms with Crippen LogP contribution < -0.4 is 44.9 Å². The summed E-state index contributed by atoms with van der Waals surface area (Å²) in [6.07, 6.45) is 10.2. The van der Waals surface area contributed by atoms with E-state index in [0.29, 0.717) is 116 Å². The van der Waals surface area contributed by atoms with E-state index < -0.39 is 118 Å². The van der Waals surface area contributed by atoms with Gasteiger partial charge in [-0.1, -0.05) is 97.8 Å². The molecule has 2 amide bonds. The minimum absolute atomic E-state index is 0. The summed E-state index contributed by atoms with van der Waals surface area (Å²) in [5, 5.41) is 9.23. The molecular formula is C90H142N16NaO25S6Si3+5. The Morgan fingerprint density at radius 2 is 0.837 bits per heavy atom. The molecule has 3 aliphatic rings. The van der Waals surface area contributed by atoms with Crippen molar-refractivity contribution in [2.75, 3.05) is 193 Å².